The Kier molecular flexibility index (Phi) is 3.59. The molecule has 0 fully saturated rings. The van der Waals surface area contributed by atoms with Gasteiger partial charge in [-0.3, -0.25) is 0 Å². The lowest BCUT2D eigenvalue weighted by Gasteiger charge is -2.04. The van der Waals surface area contributed by atoms with Gasteiger partial charge in [0.25, 0.3) is 5.82 Å². The second kappa shape index (κ2) is 5.34. The van der Waals surface area contributed by atoms with Crippen LogP contribution in [0.5, 0.6) is 0 Å². The van der Waals surface area contributed by atoms with Gasteiger partial charge in [0, 0.05) is 29.2 Å². The minimum atomic E-state index is -4.64. The van der Waals surface area contributed by atoms with Gasteiger partial charge in [-0.25, -0.2) is 5.10 Å². The fourth-order valence-corrected chi connectivity index (χ4v) is 2.59. The van der Waals surface area contributed by atoms with Crippen molar-refractivity contribution in [2.75, 3.05) is 0 Å². The van der Waals surface area contributed by atoms with Gasteiger partial charge in [0.2, 0.25) is 4.77 Å². The van der Waals surface area contributed by atoms with Crippen LogP contribution < -0.4 is 0 Å². The van der Waals surface area contributed by atoms with Gasteiger partial charge in [0.15, 0.2) is 0 Å². The highest BCUT2D eigenvalue weighted by Gasteiger charge is 2.37. The van der Waals surface area contributed by atoms with Gasteiger partial charge in [-0.15, -0.1) is 5.10 Å². The van der Waals surface area contributed by atoms with Crippen molar-refractivity contribution >= 4 is 29.3 Å². The molecule has 0 saturated heterocycles. The second-order valence-corrected chi connectivity index (χ2v) is 5.37. The normalized spacial score (nSPS) is 12.6. The van der Waals surface area contributed by atoms with Gasteiger partial charge >= 0.3 is 6.18 Å². The van der Waals surface area contributed by atoms with Crippen LogP contribution in [0.2, 0.25) is 0 Å². The summed E-state index contributed by atoms with van der Waals surface area (Å²) in [5.41, 5.74) is 2.59. The van der Waals surface area contributed by atoms with Crippen LogP contribution in [0.3, 0.4) is 0 Å². The van der Waals surface area contributed by atoms with Crippen molar-refractivity contribution in [3.05, 3.63) is 46.1 Å². The van der Waals surface area contributed by atoms with Gasteiger partial charge in [-0.05, 0) is 25.2 Å². The first kappa shape index (κ1) is 15.5. The third-order valence-corrected chi connectivity index (χ3v) is 3.92. The molecule has 23 heavy (non-hydrogen) atoms. The number of nitrogens with zero attached hydrogens (tertiary/aromatic N) is 4. The molecule has 1 aromatic carbocycles. The standard InChI is InChI=1S/C14H12F3N5S/c1-8-10(9-5-3-4-6-11(9)21(8)2)7-18-22-12(14(15,16)17)19-20-13(22)23/h3-7H,1-2H3,(H,20,23)/b18-7-. The maximum Gasteiger partial charge on any atom is 0.453 e. The summed E-state index contributed by atoms with van der Waals surface area (Å²) in [5.74, 6) is -1.18. The van der Waals surface area contributed by atoms with Gasteiger partial charge < -0.3 is 4.57 Å². The number of para-hydroxylation sites is 1. The fraction of sp³-hybridized carbons (Fsp3) is 0.214. The number of halogens is 3. The maximum absolute atomic E-state index is 12.9. The van der Waals surface area contributed by atoms with Gasteiger partial charge in [-0.1, -0.05) is 18.2 Å². The lowest BCUT2D eigenvalue weighted by atomic mass is 10.1. The predicted molar refractivity (Wildman–Crippen MR) is 83.1 cm³/mol. The Bertz CT molecular complexity index is 961. The number of aryl methyl sites for hydroxylation is 1. The average molecular weight is 339 g/mol. The van der Waals surface area contributed by atoms with E-state index in [1.165, 1.54) is 6.21 Å². The maximum atomic E-state index is 12.9. The summed E-state index contributed by atoms with van der Waals surface area (Å²) in [6.45, 7) is 1.88. The van der Waals surface area contributed by atoms with Crippen molar-refractivity contribution < 1.29 is 13.2 Å². The summed E-state index contributed by atoms with van der Waals surface area (Å²) in [4.78, 5) is 0. The van der Waals surface area contributed by atoms with Crippen molar-refractivity contribution in [2.45, 2.75) is 13.1 Å². The minimum absolute atomic E-state index is 0.216. The number of hydrogen-bond donors (Lipinski definition) is 1. The number of H-pyrrole nitrogens is 1. The molecular weight excluding hydrogens is 327 g/mol. The zero-order valence-electron chi connectivity index (χ0n) is 12.2. The number of alkyl halides is 3. The molecule has 120 valence electrons. The van der Waals surface area contributed by atoms with Crippen molar-refractivity contribution in [2.24, 2.45) is 12.1 Å². The number of benzene rings is 1. The first-order chi connectivity index (χ1) is 10.8. The molecule has 0 aliphatic heterocycles. The van der Waals surface area contributed by atoms with Crippen LogP contribution in [-0.2, 0) is 13.2 Å². The summed E-state index contributed by atoms with van der Waals surface area (Å²) in [7, 11) is 1.89. The van der Waals surface area contributed by atoms with E-state index < -0.39 is 12.0 Å². The van der Waals surface area contributed by atoms with Crippen molar-refractivity contribution in [1.82, 2.24) is 19.4 Å². The molecule has 0 amide bonds. The number of nitrogens with one attached hydrogen (secondary N) is 1. The number of rotatable bonds is 2. The summed E-state index contributed by atoms with van der Waals surface area (Å²) in [6, 6.07) is 7.59. The van der Waals surface area contributed by atoms with Crippen LogP contribution in [0.15, 0.2) is 29.4 Å². The third kappa shape index (κ3) is 2.56. The Morgan fingerprint density at radius 1 is 1.30 bits per heavy atom. The average Bonchev–Trinajstić information content (AvgIpc) is 2.98. The molecule has 2 aromatic heterocycles. The monoisotopic (exact) mass is 339 g/mol. The van der Waals surface area contributed by atoms with Crippen LogP contribution in [0.25, 0.3) is 10.9 Å². The highest BCUT2D eigenvalue weighted by Crippen LogP contribution is 2.28. The Hall–Kier alpha value is -2.42. The van der Waals surface area contributed by atoms with E-state index >= 15 is 0 Å². The Balaban J connectivity index is 2.14. The topological polar surface area (TPSA) is 50.9 Å². The molecule has 0 spiro atoms. The summed E-state index contributed by atoms with van der Waals surface area (Å²) in [5, 5.41) is 10.1. The first-order valence-electron chi connectivity index (χ1n) is 6.63. The fourth-order valence-electron chi connectivity index (χ4n) is 2.41. The molecule has 0 unspecified atom stereocenters. The Morgan fingerprint density at radius 3 is 2.70 bits per heavy atom. The van der Waals surface area contributed by atoms with E-state index in [1.54, 1.807) is 0 Å². The summed E-state index contributed by atoms with van der Waals surface area (Å²) in [6.07, 6.45) is -3.27. The zero-order chi connectivity index (χ0) is 16.8. The van der Waals surface area contributed by atoms with Crippen molar-refractivity contribution in [1.29, 1.82) is 0 Å². The molecule has 9 heteroatoms. The molecule has 1 N–H and O–H groups in total. The van der Waals surface area contributed by atoms with E-state index in [0.29, 0.717) is 4.68 Å². The van der Waals surface area contributed by atoms with Gasteiger partial charge in [0.1, 0.15) is 0 Å². The van der Waals surface area contributed by atoms with Crippen LogP contribution in [0, 0.1) is 11.7 Å². The minimum Gasteiger partial charge on any atom is -0.347 e. The molecular formula is C14H12F3N5S. The van der Waals surface area contributed by atoms with Crippen molar-refractivity contribution in [3.8, 4) is 0 Å². The van der Waals surface area contributed by atoms with Crippen molar-refractivity contribution in [3.63, 3.8) is 0 Å². The van der Waals surface area contributed by atoms with Crippen LogP contribution in [0.4, 0.5) is 13.2 Å². The molecule has 3 rings (SSSR count). The molecule has 3 aromatic rings. The summed E-state index contributed by atoms with van der Waals surface area (Å²) >= 11 is 4.82. The first-order valence-corrected chi connectivity index (χ1v) is 7.04. The largest absolute Gasteiger partial charge is 0.453 e. The van der Waals surface area contributed by atoms with E-state index in [4.69, 9.17) is 12.2 Å². The highest BCUT2D eigenvalue weighted by atomic mass is 32.1. The van der Waals surface area contributed by atoms with Crippen LogP contribution in [0.1, 0.15) is 17.1 Å². The summed E-state index contributed by atoms with van der Waals surface area (Å²) < 4.78 is 41.0. The zero-order valence-corrected chi connectivity index (χ0v) is 13.0. The predicted octanol–water partition coefficient (Wildman–Crippen LogP) is 3.64. The van der Waals surface area contributed by atoms with E-state index in [-0.39, 0.29) is 4.77 Å². The number of aromatic nitrogens is 4. The van der Waals surface area contributed by atoms with Gasteiger partial charge in [-0.2, -0.15) is 22.9 Å². The van der Waals surface area contributed by atoms with Crippen LogP contribution >= 0.6 is 12.2 Å². The third-order valence-electron chi connectivity index (χ3n) is 3.65. The van der Waals surface area contributed by atoms with E-state index in [0.717, 1.165) is 22.2 Å². The molecule has 0 aliphatic carbocycles. The second-order valence-electron chi connectivity index (χ2n) is 4.98. The quantitative estimate of drug-likeness (QED) is 0.572. The number of fused-ring (bicyclic) bond motifs is 1. The Morgan fingerprint density at radius 2 is 2.00 bits per heavy atom. The number of aromatic amines is 1. The molecule has 5 nitrogen and oxygen atoms in total. The smallest absolute Gasteiger partial charge is 0.347 e. The lowest BCUT2D eigenvalue weighted by molar-refractivity contribution is -0.147. The molecule has 0 atom stereocenters. The molecule has 2 heterocycles. The van der Waals surface area contributed by atoms with Crippen LogP contribution in [-0.4, -0.2) is 25.7 Å². The molecule has 0 bridgehead atoms. The van der Waals surface area contributed by atoms with E-state index in [9.17, 15) is 13.2 Å². The molecule has 0 saturated carbocycles. The molecule has 0 radical (unpaired) electrons. The molecule has 0 aliphatic rings. The SMILES string of the molecule is Cc1c(/C=N\n2c(C(F)(F)F)n[nH]c2=S)c2ccccc2n1C. The number of hydrogen-bond acceptors (Lipinski definition) is 3. The van der Waals surface area contributed by atoms with E-state index in [1.807, 2.05) is 42.8 Å². The lowest BCUT2D eigenvalue weighted by Crippen LogP contribution is -2.12. The van der Waals surface area contributed by atoms with E-state index in [2.05, 4.69) is 15.3 Å². The Labute approximate surface area is 134 Å². The van der Waals surface area contributed by atoms with Gasteiger partial charge in [0.05, 0.1) is 6.21 Å². The highest BCUT2D eigenvalue weighted by molar-refractivity contribution is 7.71.